The zero-order valence-corrected chi connectivity index (χ0v) is 15.9. The molecule has 6 nitrogen and oxygen atoms in total. The monoisotopic (exact) mass is 356 g/mol. The first-order valence-electron chi connectivity index (χ1n) is 8.86. The van der Waals surface area contributed by atoms with Crippen LogP contribution in [-0.4, -0.2) is 40.7 Å². The number of carbonyl (C=O) groups is 1. The van der Waals surface area contributed by atoms with E-state index < -0.39 is 24.4 Å². The van der Waals surface area contributed by atoms with Crippen LogP contribution in [0.1, 0.15) is 46.2 Å². The van der Waals surface area contributed by atoms with Gasteiger partial charge in [0.25, 0.3) is 0 Å². The summed E-state index contributed by atoms with van der Waals surface area (Å²) in [4.78, 5) is 12.5. The Bertz CT molecular complexity index is 757. The normalized spacial score (nSPS) is 19.3. The minimum Gasteiger partial charge on any atom is -0.464 e. The van der Waals surface area contributed by atoms with Crippen LogP contribution in [-0.2, 0) is 18.8 Å². The van der Waals surface area contributed by atoms with Gasteiger partial charge < -0.3 is 14.0 Å². The summed E-state index contributed by atoms with van der Waals surface area (Å²) in [5.41, 5.74) is 0.725. The number of hydrogen-bond donors (Lipinski definition) is 0. The first kappa shape index (κ1) is 18.7. The number of carbonyl (C=O) groups excluding carboxylic acids is 1. The van der Waals surface area contributed by atoms with Crippen LogP contribution < -0.4 is 5.46 Å². The van der Waals surface area contributed by atoms with Gasteiger partial charge in [-0.15, -0.1) is 0 Å². The maximum atomic E-state index is 12.5. The van der Waals surface area contributed by atoms with Crippen LogP contribution in [0.25, 0.3) is 0 Å². The fraction of sp³-hybridized carbons (Fsp3) is 0.474. The molecule has 1 saturated heterocycles. The van der Waals surface area contributed by atoms with E-state index in [4.69, 9.17) is 14.0 Å². The highest BCUT2D eigenvalue weighted by Crippen LogP contribution is 2.36. The van der Waals surface area contributed by atoms with Gasteiger partial charge in [0.05, 0.1) is 17.8 Å². The third-order valence-corrected chi connectivity index (χ3v) is 5.04. The molecule has 1 aliphatic heterocycles. The van der Waals surface area contributed by atoms with E-state index in [0.29, 0.717) is 6.61 Å². The Kier molecular flexibility index (Phi) is 4.95. The summed E-state index contributed by atoms with van der Waals surface area (Å²) in [6, 6.07) is 8.81. The second-order valence-corrected chi connectivity index (χ2v) is 7.41. The minimum absolute atomic E-state index is 0.313. The lowest BCUT2D eigenvalue weighted by Gasteiger charge is -2.32. The summed E-state index contributed by atoms with van der Waals surface area (Å²) < 4.78 is 19.0. The van der Waals surface area contributed by atoms with Crippen molar-refractivity contribution in [3.8, 4) is 0 Å². The van der Waals surface area contributed by atoms with Crippen molar-refractivity contribution in [2.75, 3.05) is 6.61 Å². The van der Waals surface area contributed by atoms with Gasteiger partial charge in [-0.05, 0) is 40.2 Å². The van der Waals surface area contributed by atoms with Crippen molar-refractivity contribution in [3.05, 3.63) is 48.3 Å². The molecule has 3 rings (SSSR count). The van der Waals surface area contributed by atoms with Gasteiger partial charge in [0, 0.05) is 17.9 Å². The Labute approximate surface area is 154 Å². The van der Waals surface area contributed by atoms with Gasteiger partial charge in [-0.2, -0.15) is 5.10 Å². The third kappa shape index (κ3) is 3.41. The van der Waals surface area contributed by atoms with Crippen LogP contribution in [0.4, 0.5) is 0 Å². The van der Waals surface area contributed by atoms with Gasteiger partial charge in [0.2, 0.25) is 0 Å². The molecule has 1 unspecified atom stereocenters. The van der Waals surface area contributed by atoms with E-state index >= 15 is 0 Å². The summed E-state index contributed by atoms with van der Waals surface area (Å²) in [5, 5.41) is 4.39. The quantitative estimate of drug-likeness (QED) is 0.608. The topological polar surface area (TPSA) is 62.6 Å². The second-order valence-electron chi connectivity index (χ2n) is 7.41. The van der Waals surface area contributed by atoms with Gasteiger partial charge in [-0.1, -0.05) is 30.3 Å². The van der Waals surface area contributed by atoms with Gasteiger partial charge in [0.15, 0.2) is 6.04 Å². The van der Waals surface area contributed by atoms with Crippen molar-refractivity contribution in [2.45, 2.75) is 51.9 Å². The summed E-state index contributed by atoms with van der Waals surface area (Å²) >= 11 is 0. The largest absolute Gasteiger partial charge is 0.498 e. The van der Waals surface area contributed by atoms with Gasteiger partial charge >= 0.3 is 13.1 Å². The molecule has 1 aromatic carbocycles. The molecule has 0 bridgehead atoms. The molecule has 0 radical (unpaired) electrons. The molecule has 0 spiro atoms. The van der Waals surface area contributed by atoms with Crippen molar-refractivity contribution in [1.29, 1.82) is 0 Å². The van der Waals surface area contributed by atoms with Crippen LogP contribution in [0.15, 0.2) is 42.7 Å². The number of aromatic nitrogens is 2. The minimum atomic E-state index is -0.646. The van der Waals surface area contributed by atoms with E-state index in [1.54, 1.807) is 24.0 Å². The summed E-state index contributed by atoms with van der Waals surface area (Å²) in [6.07, 6.45) is 3.47. The third-order valence-electron chi connectivity index (χ3n) is 5.04. The van der Waals surface area contributed by atoms with Crippen LogP contribution in [0, 0.1) is 0 Å². The van der Waals surface area contributed by atoms with E-state index in [9.17, 15) is 4.79 Å². The molecule has 0 aliphatic carbocycles. The van der Waals surface area contributed by atoms with E-state index in [2.05, 4.69) is 5.10 Å². The smallest absolute Gasteiger partial charge is 0.464 e. The number of rotatable bonds is 5. The average molecular weight is 356 g/mol. The van der Waals surface area contributed by atoms with Gasteiger partial charge in [0.1, 0.15) is 0 Å². The molecule has 2 heterocycles. The van der Waals surface area contributed by atoms with Gasteiger partial charge in [-0.3, -0.25) is 4.68 Å². The van der Waals surface area contributed by atoms with E-state index in [1.165, 1.54) is 0 Å². The lowest BCUT2D eigenvalue weighted by atomic mass is 9.82. The lowest BCUT2D eigenvalue weighted by molar-refractivity contribution is -0.146. The Morgan fingerprint density at radius 3 is 2.38 bits per heavy atom. The zero-order chi connectivity index (χ0) is 18.9. The number of hydrogen-bond acceptors (Lipinski definition) is 5. The molecule has 26 heavy (non-hydrogen) atoms. The standard InChI is InChI=1S/C19H25BN2O4/c1-6-24-17(23)16(14-10-8-7-9-11-14)22-13-15(12-21-22)20-25-18(2,3)19(4,5)26-20/h7-13,16H,6H2,1-5H3. The molecular formula is C19H25BN2O4. The molecule has 138 valence electrons. The summed E-state index contributed by atoms with van der Waals surface area (Å²) in [7, 11) is -0.521. The van der Waals surface area contributed by atoms with Crippen molar-refractivity contribution >= 4 is 18.6 Å². The fourth-order valence-electron chi connectivity index (χ4n) is 2.85. The SMILES string of the molecule is CCOC(=O)C(c1ccccc1)n1cc(B2OC(C)(C)C(C)(C)O2)cn1. The fourth-order valence-corrected chi connectivity index (χ4v) is 2.85. The van der Waals surface area contributed by atoms with Crippen molar-refractivity contribution < 1.29 is 18.8 Å². The zero-order valence-electron chi connectivity index (χ0n) is 15.9. The molecule has 0 saturated carbocycles. The molecule has 0 amide bonds. The molecule has 0 N–H and O–H groups in total. The molecule has 2 aromatic rings. The lowest BCUT2D eigenvalue weighted by Crippen LogP contribution is -2.41. The van der Waals surface area contributed by atoms with E-state index in [0.717, 1.165) is 11.0 Å². The van der Waals surface area contributed by atoms with Crippen LogP contribution in [0.2, 0.25) is 0 Å². The Morgan fingerprint density at radius 1 is 1.19 bits per heavy atom. The summed E-state index contributed by atoms with van der Waals surface area (Å²) in [6.45, 7) is 10.1. The van der Waals surface area contributed by atoms with Gasteiger partial charge in [-0.25, -0.2) is 4.79 Å². The first-order chi connectivity index (χ1) is 12.2. The Hall–Kier alpha value is -2.12. The highest BCUT2D eigenvalue weighted by Gasteiger charge is 2.52. The Balaban J connectivity index is 1.90. The maximum Gasteiger partial charge on any atom is 0.498 e. The van der Waals surface area contributed by atoms with Crippen molar-refractivity contribution in [2.24, 2.45) is 0 Å². The molecular weight excluding hydrogens is 331 g/mol. The van der Waals surface area contributed by atoms with Crippen molar-refractivity contribution in [1.82, 2.24) is 9.78 Å². The molecule has 1 aliphatic rings. The predicted molar refractivity (Wildman–Crippen MR) is 99.2 cm³/mol. The average Bonchev–Trinajstić information content (AvgIpc) is 3.12. The van der Waals surface area contributed by atoms with Crippen LogP contribution >= 0.6 is 0 Å². The number of benzene rings is 1. The van der Waals surface area contributed by atoms with Crippen molar-refractivity contribution in [3.63, 3.8) is 0 Å². The van der Waals surface area contributed by atoms with Crippen LogP contribution in [0.5, 0.6) is 0 Å². The number of nitrogens with zero attached hydrogens (tertiary/aromatic N) is 2. The molecule has 1 atom stereocenters. The Morgan fingerprint density at radius 2 is 1.81 bits per heavy atom. The highest BCUT2D eigenvalue weighted by atomic mass is 16.7. The molecule has 1 fully saturated rings. The van der Waals surface area contributed by atoms with E-state index in [1.807, 2.05) is 58.0 Å². The number of ether oxygens (including phenoxy) is 1. The number of esters is 1. The highest BCUT2D eigenvalue weighted by molar-refractivity contribution is 6.62. The molecule has 1 aromatic heterocycles. The molecule has 7 heteroatoms. The van der Waals surface area contributed by atoms with Crippen LogP contribution in [0.3, 0.4) is 0 Å². The summed E-state index contributed by atoms with van der Waals surface area (Å²) in [5.74, 6) is -0.345. The maximum absolute atomic E-state index is 12.5. The second kappa shape index (κ2) is 6.89. The predicted octanol–water partition coefficient (Wildman–Crippen LogP) is 2.33. The van der Waals surface area contributed by atoms with E-state index in [-0.39, 0.29) is 5.97 Å². The first-order valence-corrected chi connectivity index (χ1v) is 8.86.